The number of rotatable bonds is 5. The van der Waals surface area contributed by atoms with E-state index in [0.717, 1.165) is 5.56 Å². The lowest BCUT2D eigenvalue weighted by molar-refractivity contribution is 0.251. The van der Waals surface area contributed by atoms with Crippen LogP contribution in [0.25, 0.3) is 0 Å². The second-order valence-corrected chi connectivity index (χ2v) is 5.09. The van der Waals surface area contributed by atoms with E-state index in [-0.39, 0.29) is 18.0 Å². The molecule has 0 bridgehead atoms. The van der Waals surface area contributed by atoms with Crippen molar-refractivity contribution in [2.45, 2.75) is 6.54 Å². The number of urea groups is 1. The predicted molar refractivity (Wildman–Crippen MR) is 88.5 cm³/mol. The zero-order valence-electron chi connectivity index (χ0n) is 12.7. The third-order valence-electron chi connectivity index (χ3n) is 3.11. The molecule has 0 aliphatic carbocycles. The zero-order valence-corrected chi connectivity index (χ0v) is 13.5. The maximum absolute atomic E-state index is 11.9. The van der Waals surface area contributed by atoms with Crippen LogP contribution in [0.4, 0.5) is 10.5 Å². The summed E-state index contributed by atoms with van der Waals surface area (Å²) in [6, 6.07) is 9.30. The van der Waals surface area contributed by atoms with Crippen molar-refractivity contribution in [2.24, 2.45) is 0 Å². The number of hydrogen-bond donors (Lipinski definition) is 3. The number of halogens is 1. The number of aromatic hydroxyl groups is 1. The average Bonchev–Trinajstić information content (AvgIpc) is 2.56. The second kappa shape index (κ2) is 7.60. The topological polar surface area (TPSA) is 79.8 Å². The van der Waals surface area contributed by atoms with Crippen LogP contribution in [0.5, 0.6) is 17.2 Å². The van der Waals surface area contributed by atoms with Crippen molar-refractivity contribution in [2.75, 3.05) is 19.5 Å². The quantitative estimate of drug-likeness (QED) is 0.731. The fourth-order valence-electron chi connectivity index (χ4n) is 1.95. The summed E-state index contributed by atoms with van der Waals surface area (Å²) in [4.78, 5) is 11.9. The van der Waals surface area contributed by atoms with Crippen molar-refractivity contribution in [3.8, 4) is 17.2 Å². The molecule has 2 amide bonds. The van der Waals surface area contributed by atoms with Gasteiger partial charge in [0, 0.05) is 11.6 Å². The molecule has 122 valence electrons. The van der Waals surface area contributed by atoms with E-state index in [0.29, 0.717) is 16.5 Å². The van der Waals surface area contributed by atoms with E-state index in [4.69, 9.17) is 21.1 Å². The van der Waals surface area contributed by atoms with Gasteiger partial charge in [-0.1, -0.05) is 17.7 Å². The Balaban J connectivity index is 1.98. The van der Waals surface area contributed by atoms with Crippen molar-refractivity contribution < 1.29 is 19.4 Å². The summed E-state index contributed by atoms with van der Waals surface area (Å²) in [5.74, 6) is 1.14. The van der Waals surface area contributed by atoms with Crippen LogP contribution in [-0.2, 0) is 6.54 Å². The number of carbonyl (C=O) groups excluding carboxylic acids is 1. The van der Waals surface area contributed by atoms with Gasteiger partial charge in [-0.2, -0.15) is 0 Å². The molecule has 0 aliphatic heterocycles. The summed E-state index contributed by atoms with van der Waals surface area (Å²) in [6.07, 6.45) is 0. The van der Waals surface area contributed by atoms with Crippen molar-refractivity contribution in [3.63, 3.8) is 0 Å². The number of carbonyl (C=O) groups is 1. The molecule has 7 heteroatoms. The van der Waals surface area contributed by atoms with Gasteiger partial charge in [0.15, 0.2) is 11.5 Å². The normalized spacial score (nSPS) is 10.0. The predicted octanol–water partition coefficient (Wildman–Crippen LogP) is 3.38. The SMILES string of the molecule is COc1ccc(CNC(=O)Nc2cc(Cl)ccc2O)cc1OC. The van der Waals surface area contributed by atoms with Crippen LogP contribution in [0, 0.1) is 0 Å². The minimum atomic E-state index is -0.461. The molecule has 0 aromatic heterocycles. The number of anilines is 1. The minimum Gasteiger partial charge on any atom is -0.506 e. The van der Waals surface area contributed by atoms with E-state index in [1.165, 1.54) is 18.2 Å². The highest BCUT2D eigenvalue weighted by Gasteiger charge is 2.08. The summed E-state index contributed by atoms with van der Waals surface area (Å²) in [6.45, 7) is 0.285. The lowest BCUT2D eigenvalue weighted by Crippen LogP contribution is -2.28. The molecule has 6 nitrogen and oxygen atoms in total. The number of amides is 2. The Bertz CT molecular complexity index is 706. The van der Waals surface area contributed by atoms with Gasteiger partial charge in [-0.05, 0) is 35.9 Å². The van der Waals surface area contributed by atoms with Crippen molar-refractivity contribution in [1.82, 2.24) is 5.32 Å². The van der Waals surface area contributed by atoms with Gasteiger partial charge in [-0.25, -0.2) is 4.79 Å². The van der Waals surface area contributed by atoms with Crippen LogP contribution in [-0.4, -0.2) is 25.4 Å². The van der Waals surface area contributed by atoms with E-state index in [1.54, 1.807) is 26.4 Å². The molecule has 0 saturated heterocycles. The Hall–Kier alpha value is -2.60. The molecule has 2 rings (SSSR count). The highest BCUT2D eigenvalue weighted by Crippen LogP contribution is 2.28. The van der Waals surface area contributed by atoms with Crippen LogP contribution in [0.3, 0.4) is 0 Å². The zero-order chi connectivity index (χ0) is 16.8. The fourth-order valence-corrected chi connectivity index (χ4v) is 2.12. The first-order valence-electron chi connectivity index (χ1n) is 6.77. The van der Waals surface area contributed by atoms with Gasteiger partial charge >= 0.3 is 6.03 Å². The number of nitrogens with one attached hydrogen (secondary N) is 2. The molecule has 0 fully saturated rings. The van der Waals surface area contributed by atoms with E-state index in [1.807, 2.05) is 6.07 Å². The summed E-state index contributed by atoms with van der Waals surface area (Å²) in [5, 5.41) is 15.3. The van der Waals surface area contributed by atoms with E-state index in [9.17, 15) is 9.90 Å². The lowest BCUT2D eigenvalue weighted by atomic mass is 10.2. The largest absolute Gasteiger partial charge is 0.506 e. The van der Waals surface area contributed by atoms with Gasteiger partial charge in [0.1, 0.15) is 5.75 Å². The monoisotopic (exact) mass is 336 g/mol. The minimum absolute atomic E-state index is 0.0596. The molecule has 0 atom stereocenters. The molecule has 23 heavy (non-hydrogen) atoms. The maximum atomic E-state index is 11.9. The molecule has 0 spiro atoms. The Morgan fingerprint density at radius 3 is 2.57 bits per heavy atom. The molecule has 0 radical (unpaired) electrons. The third-order valence-corrected chi connectivity index (χ3v) is 3.34. The van der Waals surface area contributed by atoms with Crippen molar-refractivity contribution >= 4 is 23.3 Å². The molecular weight excluding hydrogens is 320 g/mol. The average molecular weight is 337 g/mol. The summed E-state index contributed by atoms with van der Waals surface area (Å²) >= 11 is 5.83. The smallest absolute Gasteiger partial charge is 0.319 e. The van der Waals surface area contributed by atoms with E-state index < -0.39 is 6.03 Å². The van der Waals surface area contributed by atoms with E-state index in [2.05, 4.69) is 10.6 Å². The number of ether oxygens (including phenoxy) is 2. The van der Waals surface area contributed by atoms with Gasteiger partial charge in [-0.3, -0.25) is 0 Å². The molecule has 0 heterocycles. The second-order valence-electron chi connectivity index (χ2n) is 4.66. The lowest BCUT2D eigenvalue weighted by Gasteiger charge is -2.11. The van der Waals surface area contributed by atoms with Crippen LogP contribution < -0.4 is 20.1 Å². The van der Waals surface area contributed by atoms with Crippen molar-refractivity contribution in [1.29, 1.82) is 0 Å². The van der Waals surface area contributed by atoms with Gasteiger partial charge in [0.2, 0.25) is 0 Å². The number of benzene rings is 2. The summed E-state index contributed by atoms with van der Waals surface area (Å²) in [5.41, 5.74) is 1.08. The van der Waals surface area contributed by atoms with Crippen LogP contribution in [0.15, 0.2) is 36.4 Å². The Kier molecular flexibility index (Phi) is 5.54. The Labute approximate surface area is 139 Å². The summed E-state index contributed by atoms with van der Waals surface area (Å²) < 4.78 is 10.4. The molecule has 2 aromatic carbocycles. The van der Waals surface area contributed by atoms with Gasteiger partial charge in [-0.15, -0.1) is 0 Å². The summed E-state index contributed by atoms with van der Waals surface area (Å²) in [7, 11) is 3.10. The highest BCUT2D eigenvalue weighted by atomic mass is 35.5. The standard InChI is InChI=1S/C16H17ClN2O4/c1-22-14-6-3-10(7-15(14)23-2)9-18-16(21)19-12-8-11(17)4-5-13(12)20/h3-8,20H,9H2,1-2H3,(H2,18,19,21). The first-order valence-corrected chi connectivity index (χ1v) is 7.15. The fraction of sp³-hybridized carbons (Fsp3) is 0.188. The molecular formula is C16H17ClN2O4. The van der Waals surface area contributed by atoms with Gasteiger partial charge in [0.05, 0.1) is 19.9 Å². The molecule has 0 aliphatic rings. The number of methoxy groups -OCH3 is 2. The third kappa shape index (κ3) is 4.43. The highest BCUT2D eigenvalue weighted by molar-refractivity contribution is 6.31. The molecule has 0 unspecified atom stereocenters. The number of phenolic OH excluding ortho intramolecular Hbond substituents is 1. The molecule has 2 aromatic rings. The Morgan fingerprint density at radius 2 is 1.87 bits per heavy atom. The molecule has 0 saturated carbocycles. The number of hydrogen-bond acceptors (Lipinski definition) is 4. The number of phenols is 1. The van der Waals surface area contributed by atoms with Crippen LogP contribution >= 0.6 is 11.6 Å². The first-order chi connectivity index (χ1) is 11.0. The van der Waals surface area contributed by atoms with Crippen LogP contribution in [0.2, 0.25) is 5.02 Å². The first kappa shape index (κ1) is 16.8. The van der Waals surface area contributed by atoms with Gasteiger partial charge in [0.25, 0.3) is 0 Å². The molecule has 3 N–H and O–H groups in total. The maximum Gasteiger partial charge on any atom is 0.319 e. The van der Waals surface area contributed by atoms with Crippen LogP contribution in [0.1, 0.15) is 5.56 Å². The van der Waals surface area contributed by atoms with Crippen molar-refractivity contribution in [3.05, 3.63) is 47.0 Å². The van der Waals surface area contributed by atoms with E-state index >= 15 is 0 Å². The Morgan fingerprint density at radius 1 is 1.13 bits per heavy atom. The van der Waals surface area contributed by atoms with Gasteiger partial charge < -0.3 is 25.2 Å².